The summed E-state index contributed by atoms with van der Waals surface area (Å²) < 4.78 is 39.4. The first-order valence-electron chi connectivity index (χ1n) is 16.2. The van der Waals surface area contributed by atoms with Crippen molar-refractivity contribution in [1.29, 1.82) is 0 Å². The van der Waals surface area contributed by atoms with Gasteiger partial charge in [0.05, 0.1) is 59.6 Å². The monoisotopic (exact) mass is 674 g/mol. The third-order valence-electron chi connectivity index (χ3n) is 6.77. The van der Waals surface area contributed by atoms with Crippen molar-refractivity contribution in [2.24, 2.45) is 46.3 Å². The summed E-state index contributed by atoms with van der Waals surface area (Å²) in [5.41, 5.74) is -2.72. The van der Waals surface area contributed by atoms with E-state index in [1.165, 1.54) is 0 Å². The van der Waals surface area contributed by atoms with Crippen LogP contribution in [-0.4, -0.2) is 88.7 Å². The number of esters is 6. The molecule has 0 radical (unpaired) electrons. The second-order valence-electron chi connectivity index (χ2n) is 14.1. The lowest BCUT2D eigenvalue weighted by Gasteiger charge is -2.36. The number of hydrogen-bond donors (Lipinski definition) is 0. The maximum absolute atomic E-state index is 12.5. The Morgan fingerprint density at radius 2 is 0.468 bits per heavy atom. The molecule has 0 aromatic carbocycles. The van der Waals surface area contributed by atoms with E-state index in [2.05, 4.69) is 0 Å². The molecule has 0 fully saturated rings. The van der Waals surface area contributed by atoms with Crippen molar-refractivity contribution >= 4 is 35.8 Å². The Morgan fingerprint density at radius 3 is 0.596 bits per heavy atom. The normalized spacial score (nSPS) is 12.1. The van der Waals surface area contributed by atoms with Gasteiger partial charge in [0.2, 0.25) is 0 Å². The zero-order chi connectivity index (χ0) is 36.5. The fourth-order valence-electron chi connectivity index (χ4n) is 3.33. The van der Waals surface area contributed by atoms with Crippen molar-refractivity contribution < 1.29 is 61.9 Å². The highest BCUT2D eigenvalue weighted by molar-refractivity contribution is 5.73. The molecule has 272 valence electrons. The summed E-state index contributed by atoms with van der Waals surface area (Å²) in [4.78, 5) is 75.0. The molecule has 13 heteroatoms. The fraction of sp³-hybridized carbons (Fsp3) is 0.824. The van der Waals surface area contributed by atoms with Gasteiger partial charge in [-0.3, -0.25) is 28.8 Å². The molecule has 47 heavy (non-hydrogen) atoms. The highest BCUT2D eigenvalue weighted by atomic mass is 16.6. The maximum Gasteiger partial charge on any atom is 0.308 e. The van der Waals surface area contributed by atoms with Gasteiger partial charge in [-0.05, 0) is 0 Å². The third-order valence-corrected chi connectivity index (χ3v) is 6.77. The first kappa shape index (κ1) is 43.8. The largest absolute Gasteiger partial charge is 0.465 e. The van der Waals surface area contributed by atoms with Gasteiger partial charge >= 0.3 is 35.8 Å². The predicted octanol–water partition coefficient (Wildman–Crippen LogP) is 4.17. The minimum atomic E-state index is -1.36. The Kier molecular flexibility index (Phi) is 19.5. The molecule has 0 rings (SSSR count). The van der Waals surface area contributed by atoms with Crippen LogP contribution in [0.2, 0.25) is 0 Å². The lowest BCUT2D eigenvalue weighted by atomic mass is 9.90. The summed E-state index contributed by atoms with van der Waals surface area (Å²) in [5.74, 6) is -6.02. The van der Waals surface area contributed by atoms with Crippen LogP contribution in [0.4, 0.5) is 0 Å². The van der Waals surface area contributed by atoms with Crippen molar-refractivity contribution in [3.05, 3.63) is 0 Å². The summed E-state index contributed by atoms with van der Waals surface area (Å²) in [7, 11) is 0. The lowest BCUT2D eigenvalue weighted by Crippen LogP contribution is -2.47. The zero-order valence-corrected chi connectivity index (χ0v) is 30.4. The molecule has 0 aliphatic rings. The topological polar surface area (TPSA) is 167 Å². The zero-order valence-electron chi connectivity index (χ0n) is 30.4. The average Bonchev–Trinajstić information content (AvgIpc) is 3.00. The van der Waals surface area contributed by atoms with Crippen molar-refractivity contribution in [2.75, 3.05) is 52.9 Å². The van der Waals surface area contributed by atoms with E-state index in [1.807, 2.05) is 0 Å². The molecule has 0 saturated carbocycles. The van der Waals surface area contributed by atoms with E-state index in [-0.39, 0.29) is 52.9 Å². The van der Waals surface area contributed by atoms with E-state index in [1.54, 1.807) is 83.1 Å². The molecule has 0 saturated heterocycles. The van der Waals surface area contributed by atoms with Crippen LogP contribution in [0, 0.1) is 46.3 Å². The summed E-state index contributed by atoms with van der Waals surface area (Å²) in [5, 5.41) is 0. The van der Waals surface area contributed by atoms with Crippen molar-refractivity contribution in [3.8, 4) is 0 Å². The molecule has 0 atom stereocenters. The lowest BCUT2D eigenvalue weighted by molar-refractivity contribution is -0.179. The van der Waals surface area contributed by atoms with Gasteiger partial charge in [0.25, 0.3) is 0 Å². The van der Waals surface area contributed by atoms with Gasteiger partial charge in [0.1, 0.15) is 39.6 Å². The summed E-state index contributed by atoms with van der Waals surface area (Å²) in [6.45, 7) is 17.3. The van der Waals surface area contributed by atoms with Crippen molar-refractivity contribution in [3.63, 3.8) is 0 Å². The van der Waals surface area contributed by atoms with Crippen LogP contribution in [0.3, 0.4) is 0 Å². The molecule has 0 unspecified atom stereocenters. The van der Waals surface area contributed by atoms with Gasteiger partial charge in [0.15, 0.2) is 0 Å². The Balaban J connectivity index is 6.64. The van der Waals surface area contributed by atoms with Gasteiger partial charge in [-0.2, -0.15) is 0 Å². The minimum absolute atomic E-state index is 0.286. The molecular weight excluding hydrogens is 616 g/mol. The summed E-state index contributed by atoms with van der Waals surface area (Å²) in [6.07, 6.45) is 0. The third kappa shape index (κ3) is 17.0. The Morgan fingerprint density at radius 1 is 0.319 bits per heavy atom. The SMILES string of the molecule is CC(C)C(=O)OCC(COCC(COC(=O)C(C)C)(COC(=O)C(C)C)COC(=O)C(C)C)(COC(=O)C(C)C)COC(=O)C(C)C. The first-order valence-corrected chi connectivity index (χ1v) is 16.2. The first-order chi connectivity index (χ1) is 21.7. The van der Waals surface area contributed by atoms with E-state index < -0.39 is 82.2 Å². The van der Waals surface area contributed by atoms with E-state index in [9.17, 15) is 28.8 Å². The Bertz CT molecular complexity index is 827. The summed E-state index contributed by atoms with van der Waals surface area (Å²) in [6, 6.07) is 0. The van der Waals surface area contributed by atoms with Gasteiger partial charge in [-0.15, -0.1) is 0 Å². The van der Waals surface area contributed by atoms with Gasteiger partial charge in [0, 0.05) is 0 Å². The van der Waals surface area contributed by atoms with E-state index in [4.69, 9.17) is 33.2 Å². The molecule has 0 heterocycles. The van der Waals surface area contributed by atoms with Gasteiger partial charge in [-0.1, -0.05) is 83.1 Å². The summed E-state index contributed by atoms with van der Waals surface area (Å²) >= 11 is 0. The molecule has 0 aliphatic carbocycles. The predicted molar refractivity (Wildman–Crippen MR) is 170 cm³/mol. The van der Waals surface area contributed by atoms with Crippen LogP contribution < -0.4 is 0 Å². The van der Waals surface area contributed by atoms with Crippen LogP contribution in [0.25, 0.3) is 0 Å². The highest BCUT2D eigenvalue weighted by Crippen LogP contribution is 2.27. The van der Waals surface area contributed by atoms with Gasteiger partial charge in [-0.25, -0.2) is 0 Å². The smallest absolute Gasteiger partial charge is 0.308 e. The molecule has 0 spiro atoms. The van der Waals surface area contributed by atoms with E-state index >= 15 is 0 Å². The maximum atomic E-state index is 12.5. The number of carbonyl (C=O) groups excluding carboxylic acids is 6. The molecule has 0 aromatic rings. The molecule has 0 amide bonds. The standard InChI is InChI=1S/C34H58O13/c1-21(2)27(35)42-15-33(16-43-28(36)22(3)4,17-44-29(37)23(5)6)13-41-14-34(18-45-30(38)24(7)8,19-46-31(39)25(9)10)20-47-32(40)26(11)12/h21-26H,13-20H2,1-12H3. The quantitative estimate of drug-likeness (QED) is 0.119. The molecule has 0 N–H and O–H groups in total. The molecular formula is C34H58O13. The number of ether oxygens (including phenoxy) is 7. The Hall–Kier alpha value is -3.22. The highest BCUT2D eigenvalue weighted by Gasteiger charge is 2.41. The molecule has 0 aromatic heterocycles. The van der Waals surface area contributed by atoms with Gasteiger partial charge < -0.3 is 33.2 Å². The van der Waals surface area contributed by atoms with Crippen LogP contribution in [-0.2, 0) is 61.9 Å². The van der Waals surface area contributed by atoms with E-state index in [0.717, 1.165) is 0 Å². The van der Waals surface area contributed by atoms with Crippen LogP contribution in [0.5, 0.6) is 0 Å². The fourth-order valence-corrected chi connectivity index (χ4v) is 3.33. The van der Waals surface area contributed by atoms with Crippen molar-refractivity contribution in [2.45, 2.75) is 83.1 Å². The van der Waals surface area contributed by atoms with Crippen molar-refractivity contribution in [1.82, 2.24) is 0 Å². The number of rotatable bonds is 22. The minimum Gasteiger partial charge on any atom is -0.465 e. The number of hydrogen-bond acceptors (Lipinski definition) is 13. The second kappa shape index (κ2) is 20.9. The van der Waals surface area contributed by atoms with E-state index in [0.29, 0.717) is 0 Å². The molecule has 0 aliphatic heterocycles. The van der Waals surface area contributed by atoms with Crippen LogP contribution >= 0.6 is 0 Å². The number of carbonyl (C=O) groups is 6. The Labute approximate surface area is 280 Å². The molecule has 0 bridgehead atoms. The average molecular weight is 675 g/mol. The molecule has 13 nitrogen and oxygen atoms in total. The van der Waals surface area contributed by atoms with Crippen LogP contribution in [0.1, 0.15) is 83.1 Å². The second-order valence-corrected chi connectivity index (χ2v) is 14.1. The van der Waals surface area contributed by atoms with Crippen LogP contribution in [0.15, 0.2) is 0 Å².